The molecule has 0 spiro atoms. The van der Waals surface area contributed by atoms with Gasteiger partial charge in [-0.3, -0.25) is 5.10 Å². The first-order valence-corrected chi connectivity index (χ1v) is 8.23. The molecule has 3 N–H and O–H groups in total. The van der Waals surface area contributed by atoms with Crippen LogP contribution >= 0.6 is 0 Å². The average Bonchev–Trinajstić information content (AvgIpc) is 2.88. The van der Waals surface area contributed by atoms with Crippen LogP contribution in [0, 0.1) is 0 Å². The molecule has 0 aliphatic rings. The number of aromatic carboxylic acids is 1. The number of rotatable bonds is 10. The van der Waals surface area contributed by atoms with Crippen LogP contribution in [-0.2, 0) is 10.0 Å². The van der Waals surface area contributed by atoms with Crippen LogP contribution in [0.4, 0.5) is 0 Å². The van der Waals surface area contributed by atoms with E-state index in [1.54, 1.807) is 0 Å². The summed E-state index contributed by atoms with van der Waals surface area (Å²) in [7, 11) is -3.84. The van der Waals surface area contributed by atoms with Gasteiger partial charge in [-0.15, -0.1) is 0 Å². The number of sulfonamides is 1. The maximum absolute atomic E-state index is 11.9. The summed E-state index contributed by atoms with van der Waals surface area (Å²) in [6, 6.07) is 0. The topological polar surface area (TPSA) is 112 Å². The lowest BCUT2D eigenvalue weighted by Gasteiger charge is -2.05. The van der Waals surface area contributed by atoms with Crippen LogP contribution in [0.15, 0.2) is 11.2 Å². The zero-order chi connectivity index (χ0) is 15.0. The highest BCUT2D eigenvalue weighted by molar-refractivity contribution is 7.89. The zero-order valence-corrected chi connectivity index (χ0v) is 12.4. The average molecular weight is 303 g/mol. The normalized spacial score (nSPS) is 11.7. The number of nitrogens with zero attached hydrogens (tertiary/aromatic N) is 1. The maximum Gasteiger partial charge on any atom is 0.340 e. The molecule has 20 heavy (non-hydrogen) atoms. The molecule has 0 aliphatic carbocycles. The van der Waals surface area contributed by atoms with Gasteiger partial charge in [0.25, 0.3) is 10.0 Å². The van der Waals surface area contributed by atoms with E-state index in [0.29, 0.717) is 6.54 Å². The van der Waals surface area contributed by atoms with Crippen LogP contribution in [0.5, 0.6) is 0 Å². The van der Waals surface area contributed by atoms with Crippen LogP contribution in [0.3, 0.4) is 0 Å². The fourth-order valence-electron chi connectivity index (χ4n) is 1.82. The second kappa shape index (κ2) is 8.01. The summed E-state index contributed by atoms with van der Waals surface area (Å²) >= 11 is 0. The third-order valence-electron chi connectivity index (χ3n) is 2.93. The van der Waals surface area contributed by atoms with Gasteiger partial charge in [-0.05, 0) is 6.42 Å². The molecule has 0 saturated carbocycles. The monoisotopic (exact) mass is 303 g/mol. The van der Waals surface area contributed by atoms with Gasteiger partial charge in [0.05, 0.1) is 6.20 Å². The number of carboxylic acid groups (broad SMARTS) is 1. The second-order valence-electron chi connectivity index (χ2n) is 4.58. The molecule has 0 unspecified atom stereocenters. The van der Waals surface area contributed by atoms with Gasteiger partial charge in [0.15, 0.2) is 5.03 Å². The van der Waals surface area contributed by atoms with Crippen LogP contribution in [-0.4, -0.2) is 36.2 Å². The van der Waals surface area contributed by atoms with Gasteiger partial charge in [-0.2, -0.15) is 5.10 Å². The highest BCUT2D eigenvalue weighted by atomic mass is 32.2. The molecule has 1 aromatic heterocycles. The molecule has 0 bridgehead atoms. The van der Waals surface area contributed by atoms with Crippen molar-refractivity contribution >= 4 is 16.0 Å². The fraction of sp³-hybridized carbons (Fsp3) is 0.667. The smallest absolute Gasteiger partial charge is 0.340 e. The number of aromatic nitrogens is 2. The van der Waals surface area contributed by atoms with E-state index in [2.05, 4.69) is 21.8 Å². The Balaban J connectivity index is 2.42. The maximum atomic E-state index is 11.9. The van der Waals surface area contributed by atoms with Crippen molar-refractivity contribution in [3.63, 3.8) is 0 Å². The van der Waals surface area contributed by atoms with Crippen LogP contribution in [0.25, 0.3) is 0 Å². The van der Waals surface area contributed by atoms with Crippen molar-refractivity contribution in [1.29, 1.82) is 0 Å². The largest absolute Gasteiger partial charge is 0.478 e. The number of H-pyrrole nitrogens is 1. The lowest BCUT2D eigenvalue weighted by molar-refractivity contribution is 0.0692. The van der Waals surface area contributed by atoms with Crippen molar-refractivity contribution in [1.82, 2.24) is 14.9 Å². The standard InChI is InChI=1S/C12H21N3O4S/c1-2-3-4-5-6-7-8-14-20(18,19)11-10(12(16)17)9-13-15-11/h9,14H,2-8H2,1H3,(H,13,15)(H,16,17). The van der Waals surface area contributed by atoms with Gasteiger partial charge >= 0.3 is 5.97 Å². The molecule has 0 atom stereocenters. The molecule has 0 amide bonds. The van der Waals surface area contributed by atoms with E-state index in [4.69, 9.17) is 5.11 Å². The molecule has 0 radical (unpaired) electrons. The molecule has 114 valence electrons. The zero-order valence-electron chi connectivity index (χ0n) is 11.6. The molecule has 1 heterocycles. The quantitative estimate of drug-likeness (QED) is 0.570. The van der Waals surface area contributed by atoms with Crippen molar-refractivity contribution in [2.45, 2.75) is 50.5 Å². The molecule has 0 saturated heterocycles. The SMILES string of the molecule is CCCCCCCCNS(=O)(=O)c1[nH]ncc1C(=O)O. The fourth-order valence-corrected chi connectivity index (χ4v) is 2.98. The highest BCUT2D eigenvalue weighted by Crippen LogP contribution is 2.11. The Morgan fingerprint density at radius 1 is 1.30 bits per heavy atom. The van der Waals surface area contributed by atoms with Gasteiger partial charge in [-0.1, -0.05) is 39.0 Å². The summed E-state index contributed by atoms with van der Waals surface area (Å²) < 4.78 is 26.2. The van der Waals surface area contributed by atoms with E-state index in [0.717, 1.165) is 31.9 Å². The van der Waals surface area contributed by atoms with Crippen molar-refractivity contribution in [2.24, 2.45) is 0 Å². The van der Waals surface area contributed by atoms with Gasteiger partial charge in [0, 0.05) is 6.54 Å². The molecule has 0 aromatic carbocycles. The number of carbonyl (C=O) groups is 1. The predicted octanol–water partition coefficient (Wildman–Crippen LogP) is 1.75. The Hall–Kier alpha value is -1.41. The van der Waals surface area contributed by atoms with Gasteiger partial charge in [0.1, 0.15) is 5.56 Å². The summed E-state index contributed by atoms with van der Waals surface area (Å²) in [6.45, 7) is 2.44. The number of carboxylic acids is 1. The van der Waals surface area contributed by atoms with Crippen molar-refractivity contribution < 1.29 is 18.3 Å². The minimum atomic E-state index is -3.84. The van der Waals surface area contributed by atoms with E-state index in [1.165, 1.54) is 12.8 Å². The van der Waals surface area contributed by atoms with Crippen molar-refractivity contribution in [3.8, 4) is 0 Å². The van der Waals surface area contributed by atoms with E-state index < -0.39 is 21.0 Å². The van der Waals surface area contributed by atoms with Gasteiger partial charge in [0.2, 0.25) is 0 Å². The second-order valence-corrected chi connectivity index (χ2v) is 6.29. The van der Waals surface area contributed by atoms with E-state index in [-0.39, 0.29) is 5.56 Å². The lowest BCUT2D eigenvalue weighted by Crippen LogP contribution is -2.26. The van der Waals surface area contributed by atoms with Crippen LogP contribution in [0.2, 0.25) is 0 Å². The Kier molecular flexibility index (Phi) is 6.66. The number of unbranched alkanes of at least 4 members (excludes halogenated alkanes) is 5. The number of nitrogens with one attached hydrogen (secondary N) is 2. The van der Waals surface area contributed by atoms with Gasteiger partial charge in [-0.25, -0.2) is 17.9 Å². The van der Waals surface area contributed by atoms with E-state index in [9.17, 15) is 13.2 Å². The third-order valence-corrected chi connectivity index (χ3v) is 4.36. The summed E-state index contributed by atoms with van der Waals surface area (Å²) in [5, 5.41) is 14.1. The minimum absolute atomic E-state index is 0.298. The minimum Gasteiger partial charge on any atom is -0.478 e. The highest BCUT2D eigenvalue weighted by Gasteiger charge is 2.24. The Morgan fingerprint density at radius 3 is 2.60 bits per heavy atom. The Bertz CT molecular complexity index is 525. The van der Waals surface area contributed by atoms with Crippen LogP contribution in [0.1, 0.15) is 55.8 Å². The molecule has 7 nitrogen and oxygen atoms in total. The first-order chi connectivity index (χ1) is 9.49. The molecular weight excluding hydrogens is 282 g/mol. The summed E-state index contributed by atoms with van der Waals surface area (Å²) in [6.07, 6.45) is 7.29. The summed E-state index contributed by atoms with van der Waals surface area (Å²) in [5.74, 6) is -1.32. The molecule has 1 rings (SSSR count). The molecule has 8 heteroatoms. The predicted molar refractivity (Wildman–Crippen MR) is 74.1 cm³/mol. The summed E-state index contributed by atoms with van der Waals surface area (Å²) in [4.78, 5) is 10.9. The molecule has 1 aromatic rings. The summed E-state index contributed by atoms with van der Waals surface area (Å²) in [5.41, 5.74) is -0.347. The number of hydrogen-bond acceptors (Lipinski definition) is 4. The lowest BCUT2D eigenvalue weighted by atomic mass is 10.1. The van der Waals surface area contributed by atoms with E-state index in [1.807, 2.05) is 0 Å². The van der Waals surface area contributed by atoms with E-state index >= 15 is 0 Å². The van der Waals surface area contributed by atoms with Crippen LogP contribution < -0.4 is 4.72 Å². The van der Waals surface area contributed by atoms with Gasteiger partial charge < -0.3 is 5.11 Å². The first-order valence-electron chi connectivity index (χ1n) is 6.75. The first kappa shape index (κ1) is 16.6. The molecule has 0 fully saturated rings. The third kappa shape index (κ3) is 4.93. The van der Waals surface area contributed by atoms with Crippen molar-refractivity contribution in [3.05, 3.63) is 11.8 Å². The number of aromatic amines is 1. The Labute approximate surface area is 118 Å². The Morgan fingerprint density at radius 2 is 1.95 bits per heavy atom. The molecule has 0 aliphatic heterocycles. The number of hydrogen-bond donors (Lipinski definition) is 3. The molecular formula is C12H21N3O4S. The van der Waals surface area contributed by atoms with Crippen molar-refractivity contribution in [2.75, 3.05) is 6.54 Å².